The third kappa shape index (κ3) is 5.82. The number of hydrogen-bond donors (Lipinski definition) is 3. The molecule has 94 valence electrons. The van der Waals surface area contributed by atoms with E-state index in [1.165, 1.54) is 13.8 Å². The van der Waals surface area contributed by atoms with Gasteiger partial charge >= 0.3 is 5.97 Å². The molecule has 0 saturated carbocycles. The van der Waals surface area contributed by atoms with E-state index < -0.39 is 17.6 Å². The molecule has 0 saturated heterocycles. The van der Waals surface area contributed by atoms with Crippen molar-refractivity contribution < 1.29 is 19.8 Å². The molecular formula is C11H21NO4. The summed E-state index contributed by atoms with van der Waals surface area (Å²) >= 11 is 0. The Balaban J connectivity index is 4.23. The Morgan fingerprint density at radius 3 is 2.12 bits per heavy atom. The van der Waals surface area contributed by atoms with E-state index in [0.29, 0.717) is 0 Å². The highest BCUT2D eigenvalue weighted by Crippen LogP contribution is 2.10. The van der Waals surface area contributed by atoms with Gasteiger partial charge in [-0.3, -0.25) is 9.59 Å². The minimum Gasteiger partial charge on any atom is -0.480 e. The smallest absolute Gasteiger partial charge is 0.320 e. The van der Waals surface area contributed by atoms with E-state index in [1.807, 2.05) is 13.8 Å². The fraction of sp³-hybridized carbons (Fsp3) is 0.818. The Kier molecular flexibility index (Phi) is 5.61. The molecule has 3 N–H and O–H groups in total. The molecule has 16 heavy (non-hydrogen) atoms. The number of nitrogens with one attached hydrogen (secondary N) is 1. The topological polar surface area (TPSA) is 86.6 Å². The van der Waals surface area contributed by atoms with Gasteiger partial charge in [0, 0.05) is 12.5 Å². The molecule has 5 nitrogen and oxygen atoms in total. The molecule has 0 radical (unpaired) electrons. The van der Waals surface area contributed by atoms with Crippen molar-refractivity contribution in [2.45, 2.75) is 58.2 Å². The van der Waals surface area contributed by atoms with Gasteiger partial charge in [-0.25, -0.2) is 0 Å². The van der Waals surface area contributed by atoms with Gasteiger partial charge < -0.3 is 15.5 Å². The normalized spacial score (nSPS) is 13.9. The van der Waals surface area contributed by atoms with Crippen LogP contribution in [0.2, 0.25) is 0 Å². The number of Topliss-reactive ketones (excluding diaryl/α,β-unsaturated/α-hetero) is 1. The average Bonchev–Trinajstić information content (AvgIpc) is 2.08. The number of carboxylic acids is 1. The van der Waals surface area contributed by atoms with Crippen LogP contribution < -0.4 is 5.32 Å². The quantitative estimate of drug-likeness (QED) is 0.596. The van der Waals surface area contributed by atoms with Gasteiger partial charge in [0.25, 0.3) is 0 Å². The number of carboxylic acid groups (broad SMARTS) is 1. The van der Waals surface area contributed by atoms with Crippen LogP contribution in [-0.4, -0.2) is 39.7 Å². The van der Waals surface area contributed by atoms with Crippen molar-refractivity contribution in [3.05, 3.63) is 0 Å². The predicted molar refractivity (Wildman–Crippen MR) is 60.2 cm³/mol. The second kappa shape index (κ2) is 5.96. The molecule has 0 fully saturated rings. The second-order valence-corrected chi connectivity index (χ2v) is 4.73. The van der Waals surface area contributed by atoms with Crippen LogP contribution in [0.25, 0.3) is 0 Å². The monoisotopic (exact) mass is 231 g/mol. The Labute approximate surface area is 95.9 Å². The molecule has 0 rings (SSSR count). The standard InChI is InChI=1S/C11H21NO4/c1-7(2)12-8(10(14)15)5-6-9(13)11(3,4)16/h7-8,12,16H,5-6H2,1-4H3,(H,14,15). The molecule has 5 heteroatoms. The Morgan fingerprint density at radius 1 is 1.31 bits per heavy atom. The number of carbonyl (C=O) groups excluding carboxylic acids is 1. The summed E-state index contributed by atoms with van der Waals surface area (Å²) in [6.45, 7) is 6.49. The Morgan fingerprint density at radius 2 is 1.81 bits per heavy atom. The number of carbonyl (C=O) groups is 2. The number of ketones is 1. The third-order valence-electron chi connectivity index (χ3n) is 2.18. The van der Waals surface area contributed by atoms with Crippen molar-refractivity contribution in [3.8, 4) is 0 Å². The lowest BCUT2D eigenvalue weighted by Gasteiger charge is -2.19. The number of hydrogen-bond acceptors (Lipinski definition) is 4. The molecule has 0 bridgehead atoms. The predicted octanol–water partition coefficient (Wildman–Crippen LogP) is 0.558. The van der Waals surface area contributed by atoms with Crippen molar-refractivity contribution in [2.24, 2.45) is 0 Å². The maximum atomic E-state index is 11.4. The highest BCUT2D eigenvalue weighted by molar-refractivity contribution is 5.86. The van der Waals surface area contributed by atoms with Crippen LogP contribution in [0.4, 0.5) is 0 Å². The molecule has 0 amide bonds. The van der Waals surface area contributed by atoms with Gasteiger partial charge in [-0.15, -0.1) is 0 Å². The molecular weight excluding hydrogens is 210 g/mol. The zero-order chi connectivity index (χ0) is 12.9. The van der Waals surface area contributed by atoms with E-state index >= 15 is 0 Å². The minimum absolute atomic E-state index is 0.0401. The lowest BCUT2D eigenvalue weighted by Crippen LogP contribution is -2.42. The highest BCUT2D eigenvalue weighted by atomic mass is 16.4. The molecule has 0 aliphatic heterocycles. The van der Waals surface area contributed by atoms with Crippen LogP contribution in [0, 0.1) is 0 Å². The average molecular weight is 231 g/mol. The van der Waals surface area contributed by atoms with Crippen LogP contribution in [0.5, 0.6) is 0 Å². The van der Waals surface area contributed by atoms with Crippen molar-refractivity contribution in [1.82, 2.24) is 5.32 Å². The van der Waals surface area contributed by atoms with Gasteiger partial charge in [-0.2, -0.15) is 0 Å². The van der Waals surface area contributed by atoms with Crippen LogP contribution in [-0.2, 0) is 9.59 Å². The largest absolute Gasteiger partial charge is 0.480 e. The van der Waals surface area contributed by atoms with Crippen LogP contribution in [0.3, 0.4) is 0 Å². The Hall–Kier alpha value is -0.940. The summed E-state index contributed by atoms with van der Waals surface area (Å²) < 4.78 is 0. The van der Waals surface area contributed by atoms with E-state index in [1.54, 1.807) is 0 Å². The maximum Gasteiger partial charge on any atom is 0.320 e. The summed E-state index contributed by atoms with van der Waals surface area (Å²) in [5.41, 5.74) is -1.39. The molecule has 0 aliphatic rings. The van der Waals surface area contributed by atoms with Gasteiger partial charge in [-0.05, 0) is 20.3 Å². The summed E-state index contributed by atoms with van der Waals surface area (Å²) in [6.07, 6.45) is 0.247. The summed E-state index contributed by atoms with van der Waals surface area (Å²) in [4.78, 5) is 22.3. The van der Waals surface area contributed by atoms with E-state index in [0.717, 1.165) is 0 Å². The molecule has 0 aromatic carbocycles. The minimum atomic E-state index is -1.39. The first-order valence-electron chi connectivity index (χ1n) is 5.39. The first-order valence-corrected chi connectivity index (χ1v) is 5.39. The fourth-order valence-electron chi connectivity index (χ4n) is 1.26. The summed E-state index contributed by atoms with van der Waals surface area (Å²) in [6, 6.07) is -0.704. The number of aliphatic hydroxyl groups is 1. The SMILES string of the molecule is CC(C)NC(CCC(=O)C(C)(C)O)C(=O)O. The van der Waals surface area contributed by atoms with E-state index in [4.69, 9.17) is 5.11 Å². The van der Waals surface area contributed by atoms with Crippen molar-refractivity contribution in [2.75, 3.05) is 0 Å². The van der Waals surface area contributed by atoms with Crippen LogP contribution in [0.1, 0.15) is 40.5 Å². The van der Waals surface area contributed by atoms with E-state index in [-0.39, 0.29) is 24.7 Å². The molecule has 1 atom stereocenters. The third-order valence-corrected chi connectivity index (χ3v) is 2.18. The molecule has 0 aromatic rings. The fourth-order valence-corrected chi connectivity index (χ4v) is 1.26. The molecule has 0 heterocycles. The van der Waals surface area contributed by atoms with Crippen molar-refractivity contribution in [1.29, 1.82) is 0 Å². The first-order chi connectivity index (χ1) is 7.14. The lowest BCUT2D eigenvalue weighted by atomic mass is 9.97. The highest BCUT2D eigenvalue weighted by Gasteiger charge is 2.26. The lowest BCUT2D eigenvalue weighted by molar-refractivity contribution is -0.140. The molecule has 0 spiro atoms. The zero-order valence-electron chi connectivity index (χ0n) is 10.3. The van der Waals surface area contributed by atoms with Gasteiger partial charge in [0.1, 0.15) is 11.6 Å². The Bertz CT molecular complexity index is 255. The van der Waals surface area contributed by atoms with Crippen molar-refractivity contribution in [3.63, 3.8) is 0 Å². The van der Waals surface area contributed by atoms with Crippen LogP contribution in [0.15, 0.2) is 0 Å². The number of aliphatic carboxylic acids is 1. The van der Waals surface area contributed by atoms with E-state index in [9.17, 15) is 14.7 Å². The molecule has 1 unspecified atom stereocenters. The van der Waals surface area contributed by atoms with Crippen molar-refractivity contribution >= 4 is 11.8 Å². The van der Waals surface area contributed by atoms with Gasteiger partial charge in [0.2, 0.25) is 0 Å². The number of rotatable bonds is 7. The van der Waals surface area contributed by atoms with E-state index in [2.05, 4.69) is 5.32 Å². The second-order valence-electron chi connectivity index (χ2n) is 4.73. The van der Waals surface area contributed by atoms with Gasteiger partial charge in [0.15, 0.2) is 5.78 Å². The van der Waals surface area contributed by atoms with Gasteiger partial charge in [-0.1, -0.05) is 13.8 Å². The zero-order valence-corrected chi connectivity index (χ0v) is 10.3. The maximum absolute atomic E-state index is 11.4. The summed E-state index contributed by atoms with van der Waals surface area (Å²) in [7, 11) is 0. The molecule has 0 aliphatic carbocycles. The van der Waals surface area contributed by atoms with Crippen LogP contribution >= 0.6 is 0 Å². The first kappa shape index (κ1) is 15.1. The van der Waals surface area contributed by atoms with Gasteiger partial charge in [0.05, 0.1) is 0 Å². The molecule has 0 aromatic heterocycles. The summed E-state index contributed by atoms with van der Waals surface area (Å²) in [5.74, 6) is -1.32. The summed E-state index contributed by atoms with van der Waals surface area (Å²) in [5, 5.41) is 21.2.